The summed E-state index contributed by atoms with van der Waals surface area (Å²) in [6.45, 7) is 4.99. The fraction of sp³-hybridized carbons (Fsp3) is 0.368. The number of aromatic nitrogens is 2. The monoisotopic (exact) mass is 368 g/mol. The van der Waals surface area contributed by atoms with E-state index in [0.717, 1.165) is 62.7 Å². The van der Waals surface area contributed by atoms with Gasteiger partial charge in [0.05, 0.1) is 23.4 Å². The minimum Gasteiger partial charge on any atom is -0.508 e. The molecule has 0 saturated carbocycles. The van der Waals surface area contributed by atoms with Gasteiger partial charge in [0.2, 0.25) is 0 Å². The minimum absolute atomic E-state index is 0.230. The highest BCUT2D eigenvalue weighted by molar-refractivity contribution is 7.19. The Morgan fingerprint density at radius 1 is 1.19 bits per heavy atom. The first-order valence-corrected chi connectivity index (χ1v) is 9.76. The van der Waals surface area contributed by atoms with E-state index in [4.69, 9.17) is 14.7 Å². The third-order valence-corrected chi connectivity index (χ3v) is 6.22. The van der Waals surface area contributed by atoms with Gasteiger partial charge in [-0.15, -0.1) is 11.3 Å². The fourth-order valence-electron chi connectivity index (χ4n) is 3.62. The van der Waals surface area contributed by atoms with E-state index in [2.05, 4.69) is 10.2 Å². The normalized spacial score (nSPS) is 17.5. The number of rotatable bonds is 2. The molecular formula is C19H20N4O2S. The molecule has 3 aromatic rings. The Morgan fingerprint density at radius 2 is 2.08 bits per heavy atom. The standard InChI is InChI=1S/C19H20N4O2S/c24-13-3-1-2-12(10-13)18-21-16-14-11-20-5-4-15(14)26-17(16)19(22-18)23-6-8-25-9-7-23/h1-3,10,20,24H,4-9,11H2. The molecule has 1 saturated heterocycles. The molecule has 0 atom stereocenters. The van der Waals surface area contributed by atoms with Crippen molar-refractivity contribution in [2.75, 3.05) is 37.7 Å². The number of anilines is 1. The maximum absolute atomic E-state index is 9.87. The van der Waals surface area contributed by atoms with Crippen LogP contribution in [-0.2, 0) is 17.7 Å². The highest BCUT2D eigenvalue weighted by atomic mass is 32.1. The van der Waals surface area contributed by atoms with Gasteiger partial charge >= 0.3 is 0 Å². The number of phenolic OH excluding ortho intramolecular Hbond substituents is 1. The second-order valence-electron chi connectivity index (χ2n) is 6.63. The molecule has 134 valence electrons. The number of thiophene rings is 1. The zero-order chi connectivity index (χ0) is 17.5. The summed E-state index contributed by atoms with van der Waals surface area (Å²) in [5, 5.41) is 13.3. The van der Waals surface area contributed by atoms with Gasteiger partial charge in [-0.05, 0) is 18.6 Å². The molecule has 0 spiro atoms. The maximum atomic E-state index is 9.87. The highest BCUT2D eigenvalue weighted by Crippen LogP contribution is 2.39. The molecular weight excluding hydrogens is 348 g/mol. The van der Waals surface area contributed by atoms with Crippen LogP contribution in [-0.4, -0.2) is 47.9 Å². The molecule has 2 aromatic heterocycles. The molecule has 7 heteroatoms. The molecule has 26 heavy (non-hydrogen) atoms. The van der Waals surface area contributed by atoms with Gasteiger partial charge in [-0.25, -0.2) is 9.97 Å². The van der Waals surface area contributed by atoms with Crippen LogP contribution in [0.2, 0.25) is 0 Å². The number of ether oxygens (including phenoxy) is 1. The number of phenols is 1. The lowest BCUT2D eigenvalue weighted by Crippen LogP contribution is -2.36. The van der Waals surface area contributed by atoms with E-state index in [1.807, 2.05) is 23.5 Å². The summed E-state index contributed by atoms with van der Waals surface area (Å²) in [4.78, 5) is 13.5. The van der Waals surface area contributed by atoms with Crippen molar-refractivity contribution in [3.8, 4) is 17.1 Å². The highest BCUT2D eigenvalue weighted by Gasteiger charge is 2.24. The molecule has 0 unspecified atom stereocenters. The number of morpholine rings is 1. The first-order valence-electron chi connectivity index (χ1n) is 8.95. The second kappa shape index (κ2) is 6.50. The molecule has 0 radical (unpaired) electrons. The van der Waals surface area contributed by atoms with Crippen LogP contribution in [0.1, 0.15) is 10.4 Å². The van der Waals surface area contributed by atoms with Crippen LogP contribution in [0.3, 0.4) is 0 Å². The minimum atomic E-state index is 0.230. The van der Waals surface area contributed by atoms with E-state index in [1.165, 1.54) is 15.1 Å². The summed E-state index contributed by atoms with van der Waals surface area (Å²) in [5.41, 5.74) is 3.19. The van der Waals surface area contributed by atoms with Gasteiger partial charge < -0.3 is 20.1 Å². The topological polar surface area (TPSA) is 70.5 Å². The van der Waals surface area contributed by atoms with Gasteiger partial charge in [-0.1, -0.05) is 12.1 Å². The number of benzene rings is 1. The molecule has 2 N–H and O–H groups in total. The van der Waals surface area contributed by atoms with Crippen LogP contribution >= 0.6 is 11.3 Å². The number of nitrogens with zero attached hydrogens (tertiary/aromatic N) is 3. The van der Waals surface area contributed by atoms with Crippen molar-refractivity contribution in [2.24, 2.45) is 0 Å². The summed E-state index contributed by atoms with van der Waals surface area (Å²) in [7, 11) is 0. The molecule has 6 nitrogen and oxygen atoms in total. The SMILES string of the molecule is Oc1cccc(-c2nc(N3CCOCC3)c3sc4c(c3n2)CNCC4)c1. The summed E-state index contributed by atoms with van der Waals surface area (Å²) in [5.74, 6) is 1.89. The number of hydrogen-bond donors (Lipinski definition) is 2. The van der Waals surface area contributed by atoms with Crippen molar-refractivity contribution in [1.29, 1.82) is 0 Å². The van der Waals surface area contributed by atoms with E-state index in [0.29, 0.717) is 5.82 Å². The van der Waals surface area contributed by atoms with Crippen LogP contribution in [0.5, 0.6) is 5.75 Å². The molecule has 1 fully saturated rings. The van der Waals surface area contributed by atoms with Gasteiger partial charge in [0, 0.05) is 42.2 Å². The van der Waals surface area contributed by atoms with Gasteiger partial charge in [0.15, 0.2) is 11.6 Å². The van der Waals surface area contributed by atoms with E-state index in [9.17, 15) is 5.11 Å². The van der Waals surface area contributed by atoms with Crippen molar-refractivity contribution in [2.45, 2.75) is 13.0 Å². The van der Waals surface area contributed by atoms with Crippen LogP contribution in [0.25, 0.3) is 21.6 Å². The van der Waals surface area contributed by atoms with Crippen LogP contribution in [0.4, 0.5) is 5.82 Å². The molecule has 5 rings (SSSR count). The first kappa shape index (κ1) is 16.0. The summed E-state index contributed by atoms with van der Waals surface area (Å²) >= 11 is 1.83. The Bertz CT molecular complexity index is 966. The van der Waals surface area contributed by atoms with Crippen molar-refractivity contribution in [3.63, 3.8) is 0 Å². The molecule has 2 aliphatic heterocycles. The Morgan fingerprint density at radius 3 is 2.92 bits per heavy atom. The Balaban J connectivity index is 1.73. The molecule has 0 bridgehead atoms. The number of aromatic hydroxyl groups is 1. The zero-order valence-corrected chi connectivity index (χ0v) is 15.2. The van der Waals surface area contributed by atoms with E-state index in [1.54, 1.807) is 12.1 Å². The van der Waals surface area contributed by atoms with Gasteiger partial charge in [0.1, 0.15) is 5.75 Å². The molecule has 2 aliphatic rings. The average Bonchev–Trinajstić information content (AvgIpc) is 3.06. The molecule has 4 heterocycles. The Labute approximate surface area is 155 Å². The summed E-state index contributed by atoms with van der Waals surface area (Å²) < 4.78 is 6.69. The smallest absolute Gasteiger partial charge is 0.162 e. The lowest BCUT2D eigenvalue weighted by atomic mass is 10.1. The van der Waals surface area contributed by atoms with Gasteiger partial charge in [-0.3, -0.25) is 0 Å². The lowest BCUT2D eigenvalue weighted by molar-refractivity contribution is 0.122. The van der Waals surface area contributed by atoms with Crippen LogP contribution < -0.4 is 10.2 Å². The molecule has 1 aromatic carbocycles. The Hall–Kier alpha value is -2.22. The predicted molar refractivity (Wildman–Crippen MR) is 103 cm³/mol. The number of fused-ring (bicyclic) bond motifs is 3. The number of nitrogens with one attached hydrogen (secondary N) is 1. The predicted octanol–water partition coefficient (Wildman–Crippen LogP) is 2.55. The third kappa shape index (κ3) is 2.72. The van der Waals surface area contributed by atoms with Crippen LogP contribution in [0.15, 0.2) is 24.3 Å². The molecule has 0 aliphatic carbocycles. The van der Waals surface area contributed by atoms with Crippen LogP contribution in [0, 0.1) is 0 Å². The second-order valence-corrected chi connectivity index (χ2v) is 7.73. The van der Waals surface area contributed by atoms with Crippen molar-refractivity contribution in [1.82, 2.24) is 15.3 Å². The molecule has 0 amide bonds. The Kier molecular flexibility index (Phi) is 4.00. The summed E-state index contributed by atoms with van der Waals surface area (Å²) in [6.07, 6.45) is 1.04. The summed E-state index contributed by atoms with van der Waals surface area (Å²) in [6, 6.07) is 7.17. The quantitative estimate of drug-likeness (QED) is 0.724. The lowest BCUT2D eigenvalue weighted by Gasteiger charge is -2.28. The van der Waals surface area contributed by atoms with Crippen molar-refractivity contribution in [3.05, 3.63) is 34.7 Å². The van der Waals surface area contributed by atoms with E-state index < -0.39 is 0 Å². The van der Waals surface area contributed by atoms with Crippen molar-refractivity contribution < 1.29 is 9.84 Å². The maximum Gasteiger partial charge on any atom is 0.162 e. The largest absolute Gasteiger partial charge is 0.508 e. The van der Waals surface area contributed by atoms with E-state index in [-0.39, 0.29) is 5.75 Å². The van der Waals surface area contributed by atoms with Crippen molar-refractivity contribution >= 4 is 27.4 Å². The average molecular weight is 368 g/mol. The number of hydrogen-bond acceptors (Lipinski definition) is 7. The fourth-order valence-corrected chi connectivity index (χ4v) is 4.89. The van der Waals surface area contributed by atoms with Gasteiger partial charge in [0.25, 0.3) is 0 Å². The van der Waals surface area contributed by atoms with Gasteiger partial charge in [-0.2, -0.15) is 0 Å². The zero-order valence-electron chi connectivity index (χ0n) is 14.4. The third-order valence-electron chi connectivity index (χ3n) is 4.94. The van der Waals surface area contributed by atoms with E-state index >= 15 is 0 Å². The first-order chi connectivity index (χ1) is 12.8.